The van der Waals surface area contributed by atoms with Crippen LogP contribution in [0.1, 0.15) is 106 Å². The van der Waals surface area contributed by atoms with Gasteiger partial charge in [0.1, 0.15) is 23.2 Å². The van der Waals surface area contributed by atoms with E-state index in [1.54, 1.807) is 73.0 Å². The van der Waals surface area contributed by atoms with Crippen LogP contribution in [-0.4, -0.2) is 174 Å². The number of pyridine rings is 1. The van der Waals surface area contributed by atoms with Gasteiger partial charge in [-0.25, -0.2) is 4.79 Å². The van der Waals surface area contributed by atoms with Crippen LogP contribution in [0.3, 0.4) is 0 Å². The summed E-state index contributed by atoms with van der Waals surface area (Å²) < 4.78 is 49.9. The Kier molecular flexibility index (Phi) is 20.8. The number of nitrogens with zero attached hydrogens (tertiary/aromatic N) is 4. The van der Waals surface area contributed by atoms with Crippen molar-refractivity contribution >= 4 is 64.4 Å². The molecule has 2 unspecified atom stereocenters. The van der Waals surface area contributed by atoms with Gasteiger partial charge in [0, 0.05) is 99.5 Å². The molecule has 5 heterocycles. The number of hydrogen-bond acceptors (Lipinski definition) is 17. The largest absolute Gasteiger partial charge is 0.493 e. The molecular formula is C56H82Cl2N4O14S. The molecule has 0 radical (unpaired) electrons. The summed E-state index contributed by atoms with van der Waals surface area (Å²) in [6.45, 7) is 16.4. The lowest BCUT2D eigenvalue weighted by Crippen LogP contribution is -2.62. The van der Waals surface area contributed by atoms with Crippen molar-refractivity contribution in [3.8, 4) is 11.5 Å². The van der Waals surface area contributed by atoms with Crippen LogP contribution in [0.4, 0.5) is 10.5 Å². The molecule has 1 aromatic carbocycles. The number of urea groups is 1. The van der Waals surface area contributed by atoms with Gasteiger partial charge >= 0.3 is 18.0 Å². The number of ketones is 1. The average Bonchev–Trinajstić information content (AvgIpc) is 4.07. The number of aliphatic hydroxyl groups excluding tert-OH is 2. The molecular weight excluding hydrogens is 1060 g/mol. The molecule has 15 atom stereocenters. The molecule has 1 saturated carbocycles. The van der Waals surface area contributed by atoms with Crippen LogP contribution < -0.4 is 14.4 Å². The third kappa shape index (κ3) is 13.4. The van der Waals surface area contributed by atoms with E-state index < -0.39 is 101 Å². The Morgan fingerprint density at radius 2 is 1.62 bits per heavy atom. The fourth-order valence-electron chi connectivity index (χ4n) is 12.4. The van der Waals surface area contributed by atoms with Gasteiger partial charge in [-0.1, -0.05) is 50.9 Å². The number of hydrogen-bond donors (Lipinski definition) is 2. The lowest BCUT2D eigenvalue weighted by atomic mass is 9.70. The number of aliphatic hydroxyl groups is 2. The number of anilines is 1. The van der Waals surface area contributed by atoms with Gasteiger partial charge in [-0.05, 0) is 84.8 Å². The van der Waals surface area contributed by atoms with E-state index in [0.717, 1.165) is 31.4 Å². The Bertz CT molecular complexity index is 2340. The summed E-state index contributed by atoms with van der Waals surface area (Å²) in [6.07, 6.45) is 1.27. The lowest BCUT2D eigenvalue weighted by Gasteiger charge is -2.48. The number of esters is 2. The number of halogens is 2. The third-order valence-corrected chi connectivity index (χ3v) is 18.9. The van der Waals surface area contributed by atoms with Gasteiger partial charge < -0.3 is 62.8 Å². The number of likely N-dealkylation sites (N-methyl/N-ethyl adjacent to an activating group) is 1. The second kappa shape index (κ2) is 26.3. The Labute approximate surface area is 468 Å². The molecule has 1 aliphatic carbocycles. The maximum Gasteiger partial charge on any atom is 0.320 e. The highest BCUT2D eigenvalue weighted by Gasteiger charge is 2.62. The first-order chi connectivity index (χ1) is 36.6. The first-order valence-corrected chi connectivity index (χ1v) is 29.2. The molecule has 0 bridgehead atoms. The number of fused-ring (bicyclic) bond motifs is 1. The third-order valence-electron chi connectivity index (χ3n) is 17.0. The van der Waals surface area contributed by atoms with Crippen LogP contribution >= 0.6 is 35.0 Å². The van der Waals surface area contributed by atoms with Gasteiger partial charge in [-0.3, -0.25) is 19.4 Å². The first kappa shape index (κ1) is 61.0. The number of cyclic esters (lactones) is 1. The van der Waals surface area contributed by atoms with Crippen molar-refractivity contribution in [1.29, 1.82) is 0 Å². The standard InChI is InChI=1S/C56H82Cl2N4O14S/c1-12-44-56(8)45(49(52(67)76-56)77-24-21-62(30-38-39(57)28-59-29-40(38)58)36-17-18-42(69-10)43(26-36)73-37-15-13-14-16-37)33(4)46(63)31(2)27-55(7,70-11)50(34(5)47(64)35(6)51(66)74-44)75-53-48(65)41(25-32(3)72-53)60(9)54(68)61-19-22-71-23-20-61/h17-18,26,28-29,31-35,37,41,44-45,47-50,53,64-65H,12-16,19-25,27,30H2,1-11H3/t31-,32+,33?,34+,35+,41-,44-,45-,47+,48-,49?,50-,53+,55+,56-/m0/s1. The van der Waals surface area contributed by atoms with Gasteiger partial charge in [0.25, 0.3) is 0 Å². The molecule has 4 aliphatic heterocycles. The minimum atomic E-state index is -1.46. The molecule has 2 amide bonds. The number of methoxy groups -OCH3 is 2. The quantitative estimate of drug-likeness (QED) is 0.162. The zero-order valence-electron chi connectivity index (χ0n) is 46.6. The van der Waals surface area contributed by atoms with E-state index in [1.807, 2.05) is 32.0 Å². The van der Waals surface area contributed by atoms with Gasteiger partial charge in [-0.15, -0.1) is 11.8 Å². The van der Waals surface area contributed by atoms with Crippen LogP contribution in [0.5, 0.6) is 11.5 Å². The average molecular weight is 1140 g/mol. The highest BCUT2D eigenvalue weighted by Crippen LogP contribution is 2.49. The molecule has 18 nitrogen and oxygen atoms in total. The summed E-state index contributed by atoms with van der Waals surface area (Å²) in [5.41, 5.74) is -1.34. The number of morpholine rings is 1. The molecule has 2 N–H and O–H groups in total. The fourth-order valence-corrected chi connectivity index (χ4v) is 14.4. The van der Waals surface area contributed by atoms with Crippen LogP contribution in [0, 0.1) is 29.6 Å². The Morgan fingerprint density at radius 1 is 0.948 bits per heavy atom. The van der Waals surface area contributed by atoms with Crippen molar-refractivity contribution in [2.45, 2.75) is 172 Å². The molecule has 2 aromatic rings. The fraction of sp³-hybridized carbons (Fsp3) is 0.732. The molecule has 1 aromatic heterocycles. The molecule has 4 saturated heterocycles. The molecule has 5 fully saturated rings. The molecule has 430 valence electrons. The van der Waals surface area contributed by atoms with Crippen molar-refractivity contribution in [3.63, 3.8) is 0 Å². The van der Waals surface area contributed by atoms with Crippen LogP contribution in [0.15, 0.2) is 30.6 Å². The predicted octanol–water partition coefficient (Wildman–Crippen LogP) is 8.00. The van der Waals surface area contributed by atoms with Crippen LogP contribution in [0.2, 0.25) is 10.0 Å². The number of rotatable bonds is 15. The van der Waals surface area contributed by atoms with Crippen LogP contribution in [-0.2, 0) is 49.3 Å². The smallest absolute Gasteiger partial charge is 0.320 e. The predicted molar refractivity (Wildman–Crippen MR) is 292 cm³/mol. The monoisotopic (exact) mass is 1140 g/mol. The molecule has 77 heavy (non-hydrogen) atoms. The van der Waals surface area contributed by atoms with E-state index in [4.69, 9.17) is 61.1 Å². The van der Waals surface area contributed by atoms with Gasteiger partial charge in [0.05, 0.1) is 72.3 Å². The molecule has 0 spiro atoms. The highest BCUT2D eigenvalue weighted by atomic mass is 35.5. The highest BCUT2D eigenvalue weighted by molar-refractivity contribution is 8.00. The summed E-state index contributed by atoms with van der Waals surface area (Å²) in [5.74, 6) is -4.22. The van der Waals surface area contributed by atoms with Gasteiger partial charge in [0.15, 0.2) is 23.4 Å². The van der Waals surface area contributed by atoms with Gasteiger partial charge in [-0.2, -0.15) is 0 Å². The van der Waals surface area contributed by atoms with E-state index in [-0.39, 0.29) is 37.3 Å². The maximum absolute atomic E-state index is 15.3. The molecule has 7 rings (SSSR count). The van der Waals surface area contributed by atoms with E-state index >= 15 is 4.79 Å². The summed E-state index contributed by atoms with van der Waals surface area (Å²) >= 11 is 14.8. The molecule has 5 aliphatic rings. The first-order valence-electron chi connectivity index (χ1n) is 27.3. The number of benzene rings is 1. The normalized spacial score (nSPS) is 34.7. The SMILES string of the molecule is CC[C@@H]1OC(=O)[C@H](C)[C@H](O)[C@@H](C)[C@H](O[C@H]2O[C@H](C)C[C@H](N(C)C(=O)N3CCOCC3)[C@@H]2O)[C@](C)(OC)C[C@H](C)C(=O)C(C)[C@H]2C(SCCN(Cc3c(Cl)cncc3Cl)c3ccc(OC)c(OC4CCCC4)c3)C(=O)O[C@]21C. The second-order valence-corrected chi connectivity index (χ2v) is 24.3. The topological polar surface area (TPSA) is 205 Å². The maximum atomic E-state index is 15.3. The van der Waals surface area contributed by atoms with Crippen LogP contribution in [0.25, 0.3) is 0 Å². The number of amides is 2. The van der Waals surface area contributed by atoms with Crippen molar-refractivity contribution in [2.24, 2.45) is 29.6 Å². The number of Topliss-reactive ketones (excluding diaryl/α,β-unsaturated/α-hetero) is 1. The number of aromatic nitrogens is 1. The number of carbonyl (C=O) groups excluding carboxylic acids is 4. The number of thioether (sulfide) groups is 1. The lowest BCUT2D eigenvalue weighted by molar-refractivity contribution is -0.300. The Hall–Kier alpha value is -3.66. The zero-order valence-corrected chi connectivity index (χ0v) is 48.9. The second-order valence-electron chi connectivity index (χ2n) is 22.2. The Morgan fingerprint density at radius 3 is 2.26 bits per heavy atom. The summed E-state index contributed by atoms with van der Waals surface area (Å²) in [5, 5.41) is 24.2. The van der Waals surface area contributed by atoms with Crippen molar-refractivity contribution in [1.82, 2.24) is 14.8 Å². The minimum absolute atomic E-state index is 0.0676. The number of carbonyl (C=O) groups is 4. The van der Waals surface area contributed by atoms with Crippen molar-refractivity contribution in [3.05, 3.63) is 46.2 Å². The van der Waals surface area contributed by atoms with E-state index in [9.17, 15) is 24.6 Å². The van der Waals surface area contributed by atoms with E-state index in [2.05, 4.69) is 9.88 Å². The summed E-state index contributed by atoms with van der Waals surface area (Å²) in [4.78, 5) is 67.4. The van der Waals surface area contributed by atoms with Crippen molar-refractivity contribution in [2.75, 3.05) is 64.8 Å². The number of ether oxygens (including phenoxy) is 8. The summed E-state index contributed by atoms with van der Waals surface area (Å²) in [6, 6.07) is 4.79. The van der Waals surface area contributed by atoms with Crippen molar-refractivity contribution < 1.29 is 67.3 Å². The molecule has 21 heteroatoms. The van der Waals surface area contributed by atoms with Gasteiger partial charge in [0.2, 0.25) is 0 Å². The summed E-state index contributed by atoms with van der Waals surface area (Å²) in [7, 11) is 4.74. The van der Waals surface area contributed by atoms with E-state index in [1.165, 1.54) is 23.8 Å². The van der Waals surface area contributed by atoms with E-state index in [0.29, 0.717) is 72.1 Å². The Balaban J connectivity index is 1.18. The minimum Gasteiger partial charge on any atom is -0.493 e. The zero-order chi connectivity index (χ0) is 56.1.